The van der Waals surface area contributed by atoms with E-state index in [0.29, 0.717) is 6.04 Å². The highest BCUT2D eigenvalue weighted by Crippen LogP contribution is 2.24. The van der Waals surface area contributed by atoms with Crippen molar-refractivity contribution in [3.05, 3.63) is 60.2 Å². The van der Waals surface area contributed by atoms with Crippen LogP contribution in [0.2, 0.25) is 0 Å². The first-order valence-electron chi connectivity index (χ1n) is 10.3. The van der Waals surface area contributed by atoms with Crippen molar-refractivity contribution in [2.45, 2.75) is 44.6 Å². The highest BCUT2D eigenvalue weighted by Gasteiger charge is 2.24. The van der Waals surface area contributed by atoms with Gasteiger partial charge in [0.2, 0.25) is 5.95 Å². The molecule has 3 aromatic rings. The summed E-state index contributed by atoms with van der Waals surface area (Å²) in [6.07, 6.45) is 7.36. The van der Waals surface area contributed by atoms with Crippen LogP contribution in [-0.4, -0.2) is 29.1 Å². The highest BCUT2D eigenvalue weighted by atomic mass is 15.1. The minimum Gasteiger partial charge on any atom is -0.353 e. The van der Waals surface area contributed by atoms with Gasteiger partial charge in [-0.05, 0) is 68.8 Å². The quantitative estimate of drug-likeness (QED) is 0.507. The van der Waals surface area contributed by atoms with Crippen LogP contribution in [0, 0.1) is 5.92 Å². The number of anilines is 1. The summed E-state index contributed by atoms with van der Waals surface area (Å²) >= 11 is 0. The number of nitrogens with one attached hydrogen (secondary N) is 3. The lowest BCUT2D eigenvalue weighted by atomic mass is 9.87. The second kappa shape index (κ2) is 9.05. The van der Waals surface area contributed by atoms with Gasteiger partial charge in [0.25, 0.3) is 0 Å². The van der Waals surface area contributed by atoms with Crippen LogP contribution in [0.25, 0.3) is 11.0 Å². The van der Waals surface area contributed by atoms with Crippen molar-refractivity contribution in [1.29, 1.82) is 0 Å². The molecule has 2 aromatic carbocycles. The Labute approximate surface area is 161 Å². The summed E-state index contributed by atoms with van der Waals surface area (Å²) in [5, 5.41) is 7.23. The third kappa shape index (κ3) is 4.89. The van der Waals surface area contributed by atoms with Crippen LogP contribution in [0.1, 0.15) is 37.7 Å². The fourth-order valence-corrected chi connectivity index (χ4v) is 4.21. The first-order valence-corrected chi connectivity index (χ1v) is 10.3. The van der Waals surface area contributed by atoms with Crippen LogP contribution in [0.5, 0.6) is 0 Å². The SMILES string of the molecule is c1ccc(CCCCC(Nc2nc3ccccc3[nH]2)C2CCNCC2)cc1. The molecular weight excluding hydrogens is 332 g/mol. The fraction of sp³-hybridized carbons (Fsp3) is 0.435. The van der Waals surface area contributed by atoms with Gasteiger partial charge in [0.05, 0.1) is 11.0 Å². The molecule has 4 rings (SSSR count). The van der Waals surface area contributed by atoms with Crippen LogP contribution < -0.4 is 10.6 Å². The Balaban J connectivity index is 1.37. The molecule has 1 aliphatic heterocycles. The predicted octanol–water partition coefficient (Wildman–Crippen LogP) is 4.76. The fourth-order valence-electron chi connectivity index (χ4n) is 4.21. The first kappa shape index (κ1) is 18.1. The second-order valence-corrected chi connectivity index (χ2v) is 7.67. The Hall–Kier alpha value is -2.33. The summed E-state index contributed by atoms with van der Waals surface area (Å²) < 4.78 is 0. The number of H-pyrrole nitrogens is 1. The highest BCUT2D eigenvalue weighted by molar-refractivity contribution is 5.77. The smallest absolute Gasteiger partial charge is 0.201 e. The molecule has 142 valence electrons. The molecule has 0 bridgehead atoms. The van der Waals surface area contributed by atoms with E-state index in [-0.39, 0.29) is 0 Å². The van der Waals surface area contributed by atoms with E-state index in [4.69, 9.17) is 4.98 Å². The zero-order valence-electron chi connectivity index (χ0n) is 16.0. The Morgan fingerprint density at radius 2 is 1.74 bits per heavy atom. The Morgan fingerprint density at radius 1 is 0.963 bits per heavy atom. The van der Waals surface area contributed by atoms with Crippen LogP contribution in [-0.2, 0) is 6.42 Å². The number of para-hydroxylation sites is 2. The van der Waals surface area contributed by atoms with E-state index in [1.54, 1.807) is 0 Å². The topological polar surface area (TPSA) is 52.7 Å². The average molecular weight is 363 g/mol. The summed E-state index contributed by atoms with van der Waals surface area (Å²) in [7, 11) is 0. The van der Waals surface area contributed by atoms with E-state index in [9.17, 15) is 0 Å². The Bertz CT molecular complexity index is 788. The van der Waals surface area contributed by atoms with Crippen LogP contribution in [0.4, 0.5) is 5.95 Å². The van der Waals surface area contributed by atoms with Gasteiger partial charge in [-0.3, -0.25) is 0 Å². The third-order valence-corrected chi connectivity index (χ3v) is 5.74. The van der Waals surface area contributed by atoms with Crippen LogP contribution >= 0.6 is 0 Å². The molecule has 2 heterocycles. The largest absolute Gasteiger partial charge is 0.353 e. The van der Waals surface area contributed by atoms with Crippen LogP contribution in [0.3, 0.4) is 0 Å². The molecule has 0 amide bonds. The van der Waals surface area contributed by atoms with Crippen molar-refractivity contribution in [2.75, 3.05) is 18.4 Å². The number of nitrogens with zero attached hydrogens (tertiary/aromatic N) is 1. The monoisotopic (exact) mass is 362 g/mol. The van der Waals surface area contributed by atoms with Gasteiger partial charge in [-0.15, -0.1) is 0 Å². The van der Waals surface area contributed by atoms with Crippen LogP contribution in [0.15, 0.2) is 54.6 Å². The number of aryl methyl sites for hydroxylation is 1. The van der Waals surface area contributed by atoms with E-state index in [0.717, 1.165) is 36.0 Å². The molecule has 1 atom stereocenters. The number of piperidine rings is 1. The molecule has 1 fully saturated rings. The lowest BCUT2D eigenvalue weighted by Gasteiger charge is -2.31. The second-order valence-electron chi connectivity index (χ2n) is 7.67. The summed E-state index contributed by atoms with van der Waals surface area (Å²) in [6, 6.07) is 19.6. The molecule has 0 radical (unpaired) electrons. The van der Waals surface area contributed by atoms with E-state index in [2.05, 4.69) is 64.1 Å². The number of aromatic nitrogens is 2. The summed E-state index contributed by atoms with van der Waals surface area (Å²) in [6.45, 7) is 2.26. The zero-order valence-corrected chi connectivity index (χ0v) is 16.0. The third-order valence-electron chi connectivity index (χ3n) is 5.74. The zero-order chi connectivity index (χ0) is 18.3. The minimum absolute atomic E-state index is 0.489. The Kier molecular flexibility index (Phi) is 6.05. The van der Waals surface area contributed by atoms with Gasteiger partial charge in [-0.25, -0.2) is 4.98 Å². The molecule has 0 spiro atoms. The maximum Gasteiger partial charge on any atom is 0.201 e. The van der Waals surface area contributed by atoms with Gasteiger partial charge in [0.1, 0.15) is 0 Å². The number of benzene rings is 2. The molecule has 1 aromatic heterocycles. The molecule has 0 saturated carbocycles. The van der Waals surface area contributed by atoms with E-state index in [1.807, 2.05) is 6.07 Å². The molecule has 0 aliphatic carbocycles. The Morgan fingerprint density at radius 3 is 2.56 bits per heavy atom. The van der Waals surface area contributed by atoms with Crippen molar-refractivity contribution >= 4 is 17.0 Å². The standard InChI is InChI=1S/C23H30N4/c1-2-8-18(9-3-1)10-4-5-11-20(19-14-16-24-17-15-19)25-23-26-21-12-6-7-13-22(21)27-23/h1-3,6-9,12-13,19-20,24H,4-5,10-11,14-17H2,(H2,25,26,27). The van der Waals surface area contributed by atoms with Crippen molar-refractivity contribution < 1.29 is 0 Å². The molecule has 1 aliphatic rings. The lowest BCUT2D eigenvalue weighted by Crippen LogP contribution is -2.38. The van der Waals surface area contributed by atoms with Crippen molar-refractivity contribution in [3.8, 4) is 0 Å². The number of rotatable bonds is 8. The maximum atomic E-state index is 4.74. The number of hydrogen-bond acceptors (Lipinski definition) is 3. The summed E-state index contributed by atoms with van der Waals surface area (Å²) in [5.41, 5.74) is 3.59. The number of hydrogen-bond donors (Lipinski definition) is 3. The van der Waals surface area contributed by atoms with E-state index in [1.165, 1.54) is 44.1 Å². The maximum absolute atomic E-state index is 4.74. The van der Waals surface area contributed by atoms with E-state index < -0.39 is 0 Å². The number of fused-ring (bicyclic) bond motifs is 1. The molecule has 3 N–H and O–H groups in total. The molecule has 4 nitrogen and oxygen atoms in total. The molecular formula is C23H30N4. The summed E-state index contributed by atoms with van der Waals surface area (Å²) in [5.74, 6) is 1.64. The first-order chi connectivity index (χ1) is 13.4. The molecule has 1 unspecified atom stereocenters. The van der Waals surface area contributed by atoms with Gasteiger partial charge in [-0.2, -0.15) is 0 Å². The number of unbranched alkanes of at least 4 members (excludes halogenated alkanes) is 1. The molecule has 1 saturated heterocycles. The van der Waals surface area contributed by atoms with Crippen molar-refractivity contribution in [1.82, 2.24) is 15.3 Å². The van der Waals surface area contributed by atoms with Gasteiger partial charge in [0, 0.05) is 6.04 Å². The van der Waals surface area contributed by atoms with Crippen molar-refractivity contribution in [2.24, 2.45) is 5.92 Å². The molecule has 4 heteroatoms. The lowest BCUT2D eigenvalue weighted by molar-refractivity contribution is 0.316. The summed E-state index contributed by atoms with van der Waals surface area (Å²) in [4.78, 5) is 8.18. The predicted molar refractivity (Wildman–Crippen MR) is 113 cm³/mol. The van der Waals surface area contributed by atoms with E-state index >= 15 is 0 Å². The number of imidazole rings is 1. The average Bonchev–Trinajstić information content (AvgIpc) is 3.14. The van der Waals surface area contributed by atoms with Gasteiger partial charge in [0.15, 0.2) is 0 Å². The number of aromatic amines is 1. The van der Waals surface area contributed by atoms with Gasteiger partial charge >= 0.3 is 0 Å². The van der Waals surface area contributed by atoms with Gasteiger partial charge < -0.3 is 15.6 Å². The van der Waals surface area contributed by atoms with Gasteiger partial charge in [-0.1, -0.05) is 48.9 Å². The normalized spacial score (nSPS) is 16.4. The minimum atomic E-state index is 0.489. The van der Waals surface area contributed by atoms with Crippen molar-refractivity contribution in [3.63, 3.8) is 0 Å². The molecule has 27 heavy (non-hydrogen) atoms.